The maximum Gasteiger partial charge on any atom is 0.408 e. The van der Waals surface area contributed by atoms with Gasteiger partial charge in [-0.3, -0.25) is 9.59 Å². The maximum absolute atomic E-state index is 16.3. The largest absolute Gasteiger partial charge is 0.540 e. The predicted octanol–water partition coefficient (Wildman–Crippen LogP) is 12.1. The summed E-state index contributed by atoms with van der Waals surface area (Å²) in [6.07, 6.45) is 4.76. The first kappa shape index (κ1) is 72.6. The van der Waals surface area contributed by atoms with Crippen LogP contribution in [0.15, 0.2) is 36.4 Å². The Hall–Kier alpha value is -5.83. The number of methoxy groups -OCH3 is 2. The number of ether oxygens (including phenoxy) is 6. The van der Waals surface area contributed by atoms with E-state index in [1.807, 2.05) is 74.9 Å². The number of benzene rings is 2. The molecular weight excluding hydrogens is 1260 g/mol. The second kappa shape index (κ2) is 28.4. The summed E-state index contributed by atoms with van der Waals surface area (Å²) in [5.41, 5.74) is -1.17. The SMILES string of the molecule is CC[C@@H]1[C@@H]2CN(C(=O)[C@H](C(C)(C)C)NC(=O)O[C@@H]3C[C@H]3CCCCC(F)(F)c3c(nc4cc(OC)ccc4c3C)O2)[C@@H]1[C-]=O.CC[C@@H]1[C@@H]2CN(C(=O)[C@H](C(C)(C)C)NC(=O)O[C@]3(C)C[C@H]3CCCCC(F)(F)c3c(nc4cc(OC)ccc4c3C)O2)[C@@H]1[C-]=O.[V].[V]. The number of aromatic nitrogens is 2. The molecule has 2 radical (unpaired) electrons. The van der Waals surface area contributed by atoms with E-state index >= 15 is 17.6 Å². The topological polar surface area (TPSA) is 214 Å². The third-order valence-electron chi connectivity index (χ3n) is 19.2. The smallest absolute Gasteiger partial charge is 0.408 e. The summed E-state index contributed by atoms with van der Waals surface area (Å²) >= 11 is 0. The van der Waals surface area contributed by atoms with Crippen LogP contribution in [0.2, 0.25) is 0 Å². The Morgan fingerprint density at radius 1 is 0.637 bits per heavy atom. The van der Waals surface area contributed by atoms with E-state index in [2.05, 4.69) is 20.6 Å². The summed E-state index contributed by atoms with van der Waals surface area (Å²) in [4.78, 5) is 90.7. The van der Waals surface area contributed by atoms with Crippen molar-refractivity contribution in [2.45, 2.75) is 213 Å². The number of nitrogens with zero attached hydrogens (tertiary/aromatic N) is 4. The number of rotatable bonds is 6. The van der Waals surface area contributed by atoms with E-state index in [-0.39, 0.29) is 104 Å². The van der Waals surface area contributed by atoms with Gasteiger partial charge in [-0.25, -0.2) is 49.7 Å². The molecular formula is C67H86F4N6O12V2-2. The Morgan fingerprint density at radius 2 is 1.07 bits per heavy atom. The summed E-state index contributed by atoms with van der Waals surface area (Å²) in [6.45, 7) is 19.6. The van der Waals surface area contributed by atoms with Gasteiger partial charge in [0.2, 0.25) is 23.6 Å². The number of alkyl halides is 4. The van der Waals surface area contributed by atoms with E-state index in [1.54, 1.807) is 50.2 Å². The number of aryl methyl sites for hydroxylation is 2. The standard InChI is InChI=1S/C34H44F2N3O6.C33H42F2N3O6.2V/c1-8-22-25(18-40)39-17-26(22)44-29-27(19(2)23-13-12-21(43-7)15-24(23)37-29)34(35,36)14-10-9-11-20-16-33(20,6)45-31(42)38-28(30(39)41)32(3,4)5;1-7-21-24(17-39)38-16-26(21)43-29-27(18(2)22-12-11-20(42-6)15-23(22)36-29)33(34,35)13-9-8-10-19-14-25(19)44-31(41)37-28(30(38)40)32(3,4)5;;/h12-13,15,20,22,25-26,28H,8-11,14,16-17H2,1-7H3,(H,38,42);11-12,15,19,21,24-26,28H,7-10,13-14,16H2,1-6H3,(H,37,41);;/q2*-1;;/t20-,22+,25-,26+,28-,33-;19-,21+,24-,25-,26+,28-;;/m11../s1. The number of fused-ring (bicyclic) bond motifs is 10. The molecule has 2 aromatic heterocycles. The number of hydrogen-bond donors (Lipinski definition) is 2. The first-order valence-electron chi connectivity index (χ1n) is 31.3. The van der Waals surface area contributed by atoms with Gasteiger partial charge in [0, 0.05) is 78.8 Å². The van der Waals surface area contributed by atoms with E-state index < -0.39 is 113 Å². The molecule has 2 aliphatic carbocycles. The molecule has 18 nitrogen and oxygen atoms in total. The van der Waals surface area contributed by atoms with E-state index in [0.29, 0.717) is 95.8 Å². The molecule has 496 valence electrons. The van der Waals surface area contributed by atoms with Crippen molar-refractivity contribution in [1.29, 1.82) is 0 Å². The van der Waals surface area contributed by atoms with Gasteiger partial charge < -0.3 is 58.4 Å². The number of alkyl carbamates (subject to hydrolysis) is 2. The number of pyridine rings is 2. The van der Waals surface area contributed by atoms with E-state index in [4.69, 9.17) is 28.4 Å². The summed E-state index contributed by atoms with van der Waals surface area (Å²) in [7, 11) is 3.03. The molecule has 4 fully saturated rings. The van der Waals surface area contributed by atoms with Gasteiger partial charge in [0.25, 0.3) is 11.8 Å². The molecule has 4 aromatic rings. The van der Waals surface area contributed by atoms with Crippen molar-refractivity contribution in [2.75, 3.05) is 27.3 Å². The molecule has 10 rings (SSSR count). The number of nitrogens with one attached hydrogen (secondary N) is 2. The summed E-state index contributed by atoms with van der Waals surface area (Å²) in [5, 5.41) is 6.64. The second-order valence-corrected chi connectivity index (χ2v) is 27.5. The predicted molar refractivity (Wildman–Crippen MR) is 324 cm³/mol. The van der Waals surface area contributed by atoms with Gasteiger partial charge in [-0.2, -0.15) is 0 Å². The molecule has 0 unspecified atom stereocenters. The van der Waals surface area contributed by atoms with Crippen molar-refractivity contribution in [1.82, 2.24) is 30.4 Å². The molecule has 4 bridgehead atoms. The van der Waals surface area contributed by atoms with E-state index in [0.717, 1.165) is 0 Å². The zero-order valence-corrected chi connectivity index (χ0v) is 57.1. The van der Waals surface area contributed by atoms with Crippen molar-refractivity contribution in [3.63, 3.8) is 0 Å². The van der Waals surface area contributed by atoms with Crippen molar-refractivity contribution in [2.24, 2.45) is 34.5 Å². The minimum atomic E-state index is -3.27. The van der Waals surface area contributed by atoms with Gasteiger partial charge in [0.05, 0.1) is 49.5 Å². The molecule has 91 heavy (non-hydrogen) atoms. The Kier molecular flexibility index (Phi) is 22.7. The van der Waals surface area contributed by atoms with Crippen LogP contribution in [-0.2, 0) is 77.6 Å². The third-order valence-corrected chi connectivity index (χ3v) is 19.2. The third kappa shape index (κ3) is 15.4. The van der Waals surface area contributed by atoms with Crippen LogP contribution in [0.25, 0.3) is 21.8 Å². The average molecular weight is 1350 g/mol. The fraction of sp³-hybridized carbons (Fsp3) is 0.642. The molecule has 24 heteroatoms. The van der Waals surface area contributed by atoms with Crippen LogP contribution in [0.3, 0.4) is 0 Å². The summed E-state index contributed by atoms with van der Waals surface area (Å²) in [5.74, 6) is -7.84. The molecule has 4 aliphatic heterocycles. The van der Waals surface area contributed by atoms with Gasteiger partial charge in [-0.05, 0) is 123 Å². The van der Waals surface area contributed by atoms with Crippen LogP contribution in [0, 0.1) is 48.3 Å². The van der Waals surface area contributed by atoms with E-state index in [9.17, 15) is 28.8 Å². The van der Waals surface area contributed by atoms with E-state index in [1.165, 1.54) is 24.0 Å². The quantitative estimate of drug-likeness (QED) is 0.136. The Morgan fingerprint density at radius 3 is 1.47 bits per heavy atom. The molecule has 6 heterocycles. The molecule has 0 spiro atoms. The molecule has 6 aliphatic rings. The molecule has 2 aromatic carbocycles. The monoisotopic (exact) mass is 1340 g/mol. The van der Waals surface area contributed by atoms with Crippen molar-refractivity contribution in [3.05, 3.63) is 58.7 Å². The van der Waals surface area contributed by atoms with Crippen LogP contribution in [0.5, 0.6) is 23.3 Å². The first-order chi connectivity index (χ1) is 41.9. The number of hydrogen-bond acceptors (Lipinski definition) is 14. The van der Waals surface area contributed by atoms with Crippen molar-refractivity contribution < 1.29 is 112 Å². The molecule has 2 saturated heterocycles. The molecule has 4 amide bonds. The molecule has 2 N–H and O–H groups in total. The van der Waals surface area contributed by atoms with Gasteiger partial charge in [-0.15, -0.1) is 0 Å². The van der Waals surface area contributed by atoms with Crippen LogP contribution in [-0.4, -0.2) is 132 Å². The summed E-state index contributed by atoms with van der Waals surface area (Å²) in [6, 6.07) is 6.16. The fourth-order valence-corrected chi connectivity index (χ4v) is 13.7. The van der Waals surface area contributed by atoms with Crippen LogP contribution >= 0.6 is 0 Å². The molecule has 12 atom stereocenters. The maximum atomic E-state index is 16.3. The van der Waals surface area contributed by atoms with Crippen molar-refractivity contribution in [3.8, 4) is 23.3 Å². The average Bonchev–Trinajstić information content (AvgIpc) is 1.72. The van der Waals surface area contributed by atoms with Gasteiger partial charge in [0.1, 0.15) is 47.5 Å². The van der Waals surface area contributed by atoms with Crippen LogP contribution in [0.4, 0.5) is 27.2 Å². The Labute approximate surface area is 554 Å². The van der Waals surface area contributed by atoms with Crippen LogP contribution < -0.4 is 29.6 Å². The number of carbonyl (C=O) groups is 4. The van der Waals surface area contributed by atoms with Crippen LogP contribution in [0.1, 0.15) is 162 Å². The number of carbonyl (C=O) groups excluding carboxylic acids is 6. The zero-order valence-electron chi connectivity index (χ0n) is 54.3. The Balaban J connectivity index is 0.000000253. The van der Waals surface area contributed by atoms with Gasteiger partial charge >= 0.3 is 12.2 Å². The van der Waals surface area contributed by atoms with Gasteiger partial charge in [0.15, 0.2) is 0 Å². The minimum Gasteiger partial charge on any atom is -0.540 e. The Bertz CT molecular complexity index is 3350. The normalized spacial score (nSPS) is 29.3. The first-order valence-corrected chi connectivity index (χ1v) is 31.3. The second-order valence-electron chi connectivity index (χ2n) is 27.5. The van der Waals surface area contributed by atoms with Gasteiger partial charge in [-0.1, -0.05) is 93.2 Å². The summed E-state index contributed by atoms with van der Waals surface area (Å²) < 4.78 is 99.7. The number of halogens is 4. The number of amides is 4. The molecule has 2 saturated carbocycles. The fourth-order valence-electron chi connectivity index (χ4n) is 13.7. The van der Waals surface area contributed by atoms with Crippen molar-refractivity contribution >= 4 is 58.4 Å². The minimum absolute atomic E-state index is 0. The zero-order chi connectivity index (χ0) is 64.9.